The fourth-order valence-corrected chi connectivity index (χ4v) is 3.97. The molecule has 3 aromatic carbocycles. The van der Waals surface area contributed by atoms with E-state index in [-0.39, 0.29) is 19.1 Å². The molecule has 190 valence electrons. The Morgan fingerprint density at radius 1 is 0.972 bits per heavy atom. The minimum Gasteiger partial charge on any atom is -0.484 e. The fourth-order valence-electron chi connectivity index (χ4n) is 3.65. The lowest BCUT2D eigenvalue weighted by molar-refractivity contribution is -0.142. The zero-order valence-electron chi connectivity index (χ0n) is 20.1. The van der Waals surface area contributed by atoms with Crippen LogP contribution in [0.2, 0.25) is 10.0 Å². The highest BCUT2D eigenvalue weighted by Crippen LogP contribution is 2.24. The summed E-state index contributed by atoms with van der Waals surface area (Å²) in [6.45, 7) is 2.36. The van der Waals surface area contributed by atoms with E-state index in [2.05, 4.69) is 5.32 Å². The van der Waals surface area contributed by atoms with Crippen LogP contribution in [-0.4, -0.2) is 35.9 Å². The van der Waals surface area contributed by atoms with Crippen LogP contribution in [0.1, 0.15) is 30.9 Å². The average molecular weight is 531 g/mol. The van der Waals surface area contributed by atoms with Gasteiger partial charge in [-0.3, -0.25) is 9.59 Å². The van der Waals surface area contributed by atoms with Gasteiger partial charge in [-0.25, -0.2) is 4.39 Å². The molecule has 0 unspecified atom stereocenters. The maximum absolute atomic E-state index is 13.5. The highest BCUT2D eigenvalue weighted by Gasteiger charge is 2.30. The van der Waals surface area contributed by atoms with Gasteiger partial charge in [-0.05, 0) is 53.9 Å². The zero-order valence-corrected chi connectivity index (χ0v) is 21.6. The Morgan fingerprint density at radius 3 is 2.36 bits per heavy atom. The van der Waals surface area contributed by atoms with Crippen LogP contribution in [0.5, 0.6) is 5.75 Å². The molecule has 0 heterocycles. The SMILES string of the molecule is CCCCNC(=O)[C@@H](Cc1ccccc1)N(Cc1ccc(Cl)c(Cl)c1)C(=O)COc1ccc(F)cc1. The average Bonchev–Trinajstić information content (AvgIpc) is 2.88. The number of amides is 2. The molecule has 0 bridgehead atoms. The number of hydrogen-bond acceptors (Lipinski definition) is 3. The topological polar surface area (TPSA) is 58.6 Å². The normalized spacial score (nSPS) is 11.6. The van der Waals surface area contributed by atoms with Crippen molar-refractivity contribution in [3.8, 4) is 5.75 Å². The van der Waals surface area contributed by atoms with Gasteiger partial charge in [0.15, 0.2) is 6.61 Å². The highest BCUT2D eigenvalue weighted by molar-refractivity contribution is 6.42. The lowest BCUT2D eigenvalue weighted by atomic mass is 10.0. The van der Waals surface area contributed by atoms with Crippen LogP contribution in [0.4, 0.5) is 4.39 Å². The Kier molecular flexibility index (Phi) is 10.6. The molecule has 3 aromatic rings. The van der Waals surface area contributed by atoms with Gasteiger partial charge in [0.1, 0.15) is 17.6 Å². The van der Waals surface area contributed by atoms with E-state index in [9.17, 15) is 14.0 Å². The number of carbonyl (C=O) groups is 2. The van der Waals surface area contributed by atoms with E-state index >= 15 is 0 Å². The largest absolute Gasteiger partial charge is 0.484 e. The number of unbranched alkanes of at least 4 members (excludes halogenated alkanes) is 1. The lowest BCUT2D eigenvalue weighted by Gasteiger charge is -2.31. The molecule has 1 atom stereocenters. The molecule has 2 amide bonds. The molecule has 0 saturated heterocycles. The summed E-state index contributed by atoms with van der Waals surface area (Å²) in [5.74, 6) is -0.688. The second-order valence-electron chi connectivity index (χ2n) is 8.36. The highest BCUT2D eigenvalue weighted by atomic mass is 35.5. The first-order valence-corrected chi connectivity index (χ1v) is 12.6. The Bertz CT molecular complexity index is 1140. The van der Waals surface area contributed by atoms with Crippen LogP contribution in [-0.2, 0) is 22.6 Å². The first-order chi connectivity index (χ1) is 17.4. The van der Waals surface area contributed by atoms with Gasteiger partial charge in [0.25, 0.3) is 5.91 Å². The summed E-state index contributed by atoms with van der Waals surface area (Å²) in [5.41, 5.74) is 1.64. The Morgan fingerprint density at radius 2 is 1.69 bits per heavy atom. The molecular weight excluding hydrogens is 502 g/mol. The molecule has 0 fully saturated rings. The van der Waals surface area contributed by atoms with Gasteiger partial charge in [0.05, 0.1) is 10.0 Å². The molecule has 1 N–H and O–H groups in total. The van der Waals surface area contributed by atoms with Crippen molar-refractivity contribution in [1.29, 1.82) is 0 Å². The number of nitrogens with one attached hydrogen (secondary N) is 1. The number of benzene rings is 3. The number of halogens is 3. The molecule has 3 rings (SSSR count). The van der Waals surface area contributed by atoms with Crippen LogP contribution in [0.15, 0.2) is 72.8 Å². The second-order valence-corrected chi connectivity index (χ2v) is 9.18. The van der Waals surface area contributed by atoms with Crippen LogP contribution in [0, 0.1) is 5.82 Å². The molecule has 0 saturated carbocycles. The first kappa shape index (κ1) is 27.5. The number of carbonyl (C=O) groups excluding carboxylic acids is 2. The van der Waals surface area contributed by atoms with Gasteiger partial charge >= 0.3 is 0 Å². The molecule has 0 radical (unpaired) electrons. The van der Waals surface area contributed by atoms with Crippen molar-refractivity contribution >= 4 is 35.0 Å². The molecule has 5 nitrogen and oxygen atoms in total. The van der Waals surface area contributed by atoms with E-state index in [1.54, 1.807) is 18.2 Å². The first-order valence-electron chi connectivity index (χ1n) is 11.8. The van der Waals surface area contributed by atoms with Gasteiger partial charge in [0.2, 0.25) is 5.91 Å². The Balaban J connectivity index is 1.89. The molecule has 0 aromatic heterocycles. The molecule has 0 spiro atoms. The van der Waals surface area contributed by atoms with E-state index in [0.717, 1.165) is 24.0 Å². The second kappa shape index (κ2) is 13.9. The number of rotatable bonds is 12. The van der Waals surface area contributed by atoms with Crippen molar-refractivity contribution in [2.45, 2.75) is 38.8 Å². The Labute approximate surface area is 221 Å². The van der Waals surface area contributed by atoms with Crippen molar-refractivity contribution in [2.75, 3.05) is 13.2 Å². The predicted octanol–water partition coefficient (Wildman–Crippen LogP) is 6.07. The quantitative estimate of drug-likeness (QED) is 0.289. The van der Waals surface area contributed by atoms with E-state index in [0.29, 0.717) is 28.8 Å². The molecule has 0 aliphatic heterocycles. The molecular formula is C28H29Cl2FN2O3. The number of nitrogens with zero attached hydrogens (tertiary/aromatic N) is 1. The van der Waals surface area contributed by atoms with E-state index in [4.69, 9.17) is 27.9 Å². The van der Waals surface area contributed by atoms with E-state index < -0.39 is 17.8 Å². The predicted molar refractivity (Wildman–Crippen MR) is 141 cm³/mol. The third-order valence-corrected chi connectivity index (χ3v) is 6.35. The number of ether oxygens (including phenoxy) is 1. The van der Waals surface area contributed by atoms with Crippen LogP contribution in [0.3, 0.4) is 0 Å². The van der Waals surface area contributed by atoms with Crippen molar-refractivity contribution in [3.05, 3.63) is 99.8 Å². The molecule has 0 aliphatic carbocycles. The molecule has 0 aliphatic rings. The summed E-state index contributed by atoms with van der Waals surface area (Å²) in [5, 5.41) is 3.72. The fraction of sp³-hybridized carbons (Fsp3) is 0.286. The minimum absolute atomic E-state index is 0.126. The standard InChI is InChI=1S/C28H29Cl2FN2O3/c1-2-3-15-32-28(35)26(17-20-7-5-4-6-8-20)33(18-21-9-14-24(29)25(30)16-21)27(34)19-36-23-12-10-22(31)11-13-23/h4-14,16,26H,2-3,15,17-19H2,1H3,(H,32,35)/t26-/m1/s1. The van der Waals surface area contributed by atoms with Crippen molar-refractivity contribution in [2.24, 2.45) is 0 Å². The smallest absolute Gasteiger partial charge is 0.261 e. The van der Waals surface area contributed by atoms with Crippen LogP contribution in [0.25, 0.3) is 0 Å². The van der Waals surface area contributed by atoms with Crippen LogP contribution < -0.4 is 10.1 Å². The third-order valence-electron chi connectivity index (χ3n) is 5.61. The summed E-state index contributed by atoms with van der Waals surface area (Å²) < 4.78 is 18.9. The monoisotopic (exact) mass is 530 g/mol. The lowest BCUT2D eigenvalue weighted by Crippen LogP contribution is -2.51. The third kappa shape index (κ3) is 8.25. The molecule has 8 heteroatoms. The van der Waals surface area contributed by atoms with Crippen molar-refractivity contribution in [1.82, 2.24) is 10.2 Å². The van der Waals surface area contributed by atoms with Crippen LogP contribution >= 0.6 is 23.2 Å². The number of hydrogen-bond donors (Lipinski definition) is 1. The van der Waals surface area contributed by atoms with Gasteiger partial charge < -0.3 is 15.0 Å². The summed E-state index contributed by atoms with van der Waals surface area (Å²) in [6, 6.07) is 19.3. The Hall–Kier alpha value is -3.09. The van der Waals surface area contributed by atoms with Gasteiger partial charge in [-0.15, -0.1) is 0 Å². The van der Waals surface area contributed by atoms with Crippen molar-refractivity contribution in [3.63, 3.8) is 0 Å². The van der Waals surface area contributed by atoms with Gasteiger partial charge in [0, 0.05) is 19.5 Å². The summed E-state index contributed by atoms with van der Waals surface area (Å²) in [6.07, 6.45) is 2.09. The van der Waals surface area contributed by atoms with Gasteiger partial charge in [-0.1, -0.05) is 72.9 Å². The van der Waals surface area contributed by atoms with Gasteiger partial charge in [-0.2, -0.15) is 0 Å². The molecule has 36 heavy (non-hydrogen) atoms. The summed E-state index contributed by atoms with van der Waals surface area (Å²) in [7, 11) is 0. The summed E-state index contributed by atoms with van der Waals surface area (Å²) >= 11 is 12.3. The van der Waals surface area contributed by atoms with Crippen molar-refractivity contribution < 1.29 is 18.7 Å². The summed E-state index contributed by atoms with van der Waals surface area (Å²) in [4.78, 5) is 28.3. The van der Waals surface area contributed by atoms with E-state index in [1.807, 2.05) is 37.3 Å². The minimum atomic E-state index is -0.789. The van der Waals surface area contributed by atoms with E-state index in [1.165, 1.54) is 29.2 Å². The zero-order chi connectivity index (χ0) is 25.9. The maximum atomic E-state index is 13.5. The maximum Gasteiger partial charge on any atom is 0.261 e.